The molecule has 4 aliphatic carbocycles. The van der Waals surface area contributed by atoms with Gasteiger partial charge >= 0.3 is 0 Å². The van der Waals surface area contributed by atoms with Crippen LogP contribution < -0.4 is 65.5 Å². The maximum Gasteiger partial charge on any atom is 0.254 e. The number of anilines is 8. The number of nitrogens with zero attached hydrogens (tertiary/aromatic N) is 8. The second kappa shape index (κ2) is 33.0. The third-order valence-corrected chi connectivity index (χ3v) is 14.2. The van der Waals surface area contributed by atoms with E-state index in [1.807, 2.05) is 48.5 Å². The van der Waals surface area contributed by atoms with Gasteiger partial charge in [0.05, 0.1) is 46.0 Å². The van der Waals surface area contributed by atoms with E-state index in [0.717, 1.165) is 26.2 Å². The molecule has 27 nitrogen and oxygen atoms in total. The average molecular weight is 1360 g/mol. The van der Waals surface area contributed by atoms with Crippen molar-refractivity contribution in [3.63, 3.8) is 0 Å². The predicted octanol–water partition coefficient (Wildman–Crippen LogP) is 9.00. The summed E-state index contributed by atoms with van der Waals surface area (Å²) in [5.41, 5.74) is 18.1. The number of hydrogen-bond donors (Lipinski definition) is 15. The molecule has 8 rings (SSSR count). The summed E-state index contributed by atoms with van der Waals surface area (Å²) in [6.07, 6.45) is -17.3. The van der Waals surface area contributed by atoms with Crippen LogP contribution in [-0.4, -0.2) is 143 Å². The van der Waals surface area contributed by atoms with Crippen LogP contribution in [-0.2, 0) is 0 Å². The van der Waals surface area contributed by atoms with Gasteiger partial charge < -0.3 is 80.8 Å². The summed E-state index contributed by atoms with van der Waals surface area (Å²) >= 11 is 0. The van der Waals surface area contributed by atoms with Crippen molar-refractivity contribution in [2.45, 2.75) is 260 Å². The van der Waals surface area contributed by atoms with Crippen LogP contribution in [0.3, 0.4) is 0 Å². The van der Waals surface area contributed by atoms with Crippen LogP contribution in [0.2, 0.25) is 0 Å². The number of nitrogens with one attached hydrogen (secondary N) is 8. The van der Waals surface area contributed by atoms with Gasteiger partial charge in [0.15, 0.2) is 0 Å². The summed E-state index contributed by atoms with van der Waals surface area (Å²) in [6.45, 7) is 10.1. The molecule has 0 spiro atoms. The molecular weight excluding hydrogens is 1210 g/mol. The molecule has 4 aromatic rings. The largest absolute Gasteiger partial charge is 0.392 e. The summed E-state index contributed by atoms with van der Waals surface area (Å²) in [4.78, 5) is 80.2. The van der Waals surface area contributed by atoms with E-state index in [1.54, 1.807) is 20.8 Å². The van der Waals surface area contributed by atoms with Crippen molar-refractivity contribution in [1.82, 2.24) is 39.9 Å². The quantitative estimate of drug-likeness (QED) is 0.0497. The number of amides is 4. The van der Waals surface area contributed by atoms with Crippen LogP contribution in [0.25, 0.3) is 0 Å². The fraction of sp³-hybridized carbons (Fsp3) is 0.706. The van der Waals surface area contributed by atoms with Gasteiger partial charge in [-0.1, -0.05) is 55.1 Å². The van der Waals surface area contributed by atoms with Crippen molar-refractivity contribution in [2.24, 2.45) is 70.2 Å². The maximum absolute atomic E-state index is 12.0. The van der Waals surface area contributed by atoms with Gasteiger partial charge in [0, 0.05) is 126 Å². The molecule has 4 amide bonds. The number of aromatic nitrogens is 8. The minimum Gasteiger partial charge on any atom is -0.392 e. The SMILES string of the molecule is [2H]C([2H])([2H])C1CCC(Nc2nc(NC(C)(C)C)ncc2C(N)=O)CC1C.[2H]C([2H])([2H])[C@@H]1C([2H])([2H])C[C@@H](Nc2nc(NC(C)(C)C([2H])([2H])[2H])ncc2C(N)=O)C([2H])(C)[C@@]1([2H])O.[2H]C([2H])([2H])[C@@H]1C([2H])([2H])C[C@@H](Nc2nc(NC(C)(C)C)ncc2C(N)=O)C([2H])(C)[C@@]1([2H])O.[2H]C1([2H])C([2H])([2H])[C@@]([2H])(C([2H])([2H])[2H])[C@]([2H])(O)C([2H])(C)[C@]1([2H])Nc1nc(NC(C)(C)C)ncc1C(N)=O. The molecule has 0 radical (unpaired) electrons. The summed E-state index contributed by atoms with van der Waals surface area (Å²) in [5.74, 6) is -20.2. The molecule has 4 aromatic heterocycles. The summed E-state index contributed by atoms with van der Waals surface area (Å²) in [7, 11) is 0. The molecule has 0 aliphatic heterocycles. The maximum atomic E-state index is 12.0. The second-order valence-corrected chi connectivity index (χ2v) is 26.7. The molecule has 4 aliphatic rings. The summed E-state index contributed by atoms with van der Waals surface area (Å²) < 4.78 is 249. The molecule has 530 valence electrons. The lowest BCUT2D eigenvalue weighted by Gasteiger charge is -2.38. The van der Waals surface area contributed by atoms with Crippen LogP contribution in [0.15, 0.2) is 24.8 Å². The lowest BCUT2D eigenvalue weighted by molar-refractivity contribution is 0.0265. The van der Waals surface area contributed by atoms with Gasteiger partial charge in [0.25, 0.3) is 23.6 Å². The molecule has 95 heavy (non-hydrogen) atoms. The molecule has 27 heteroatoms. The fourth-order valence-corrected chi connectivity index (χ4v) is 9.18. The Kier molecular flexibility index (Phi) is 15.1. The van der Waals surface area contributed by atoms with Gasteiger partial charge in [-0.25, -0.2) is 19.9 Å². The third kappa shape index (κ3) is 24.0. The van der Waals surface area contributed by atoms with Gasteiger partial charge in [0.2, 0.25) is 23.8 Å². The molecule has 4 saturated carbocycles. The molecule has 0 saturated heterocycles. The topological polar surface area (TPSA) is 432 Å². The Labute approximate surface area is 607 Å². The second-order valence-electron chi connectivity index (χ2n) is 26.7. The van der Waals surface area contributed by atoms with Crippen LogP contribution in [0.5, 0.6) is 0 Å². The zero-order chi connectivity index (χ0) is 98.5. The van der Waals surface area contributed by atoms with E-state index in [0.29, 0.717) is 38.0 Å². The highest BCUT2D eigenvalue weighted by atomic mass is 16.3. The summed E-state index contributed by atoms with van der Waals surface area (Å²) in [5, 5.41) is 55.0. The highest BCUT2D eigenvalue weighted by molar-refractivity contribution is 5.99. The standard InChI is InChI=1S/3C17H29N5O2.C17H29N5O/c3*1-9-6-7-12(10(2)13(9)23)20-15-11(14(18)24)8-19-16(21-15)22-17(3,4)5;1-10-6-7-12(8-11(10)2)20-15-13(14(18)23)9-19-16(21-15)22-17(3,4)5/h3*8-10,12-13,23H,6-7H2,1-5H3,(H2,18,24)(H2,19,20,21,22);9-12H,6-8H2,1-5H3,(H2,18,23)(H2,19,20,21,22)/t3*9-,10?,12-,13+;/m111./s1/i1D3,6D2,7D2,9D,10D,12D,13D;1D3,3D3,6D2,10D,13D;1D3,6D2,10D,13D;1D3. The normalized spacial score (nSPS) is 40.7. The number of hydrogen-bond acceptors (Lipinski definition) is 23. The van der Waals surface area contributed by atoms with E-state index in [4.69, 9.17) is 65.4 Å². The number of nitrogens with two attached hydrogens (primary N) is 4. The fourth-order valence-electron chi connectivity index (χ4n) is 9.18. The van der Waals surface area contributed by atoms with E-state index in [-0.39, 0.29) is 69.6 Å². The van der Waals surface area contributed by atoms with Crippen LogP contribution in [0, 0.1) is 47.2 Å². The van der Waals surface area contributed by atoms with E-state index in [1.165, 1.54) is 26.2 Å². The number of primary amides is 4. The Balaban J connectivity index is 0.000000300. The molecule has 0 aromatic carbocycles. The van der Waals surface area contributed by atoms with Gasteiger partial charge in [-0.15, -0.1) is 0 Å². The van der Waals surface area contributed by atoms with Crippen molar-refractivity contribution >= 4 is 70.7 Å². The Morgan fingerprint density at radius 3 is 1.14 bits per heavy atom. The van der Waals surface area contributed by atoms with E-state index >= 15 is 0 Å². The predicted molar refractivity (Wildman–Crippen MR) is 378 cm³/mol. The minimum absolute atomic E-state index is 0.0408. The minimum atomic E-state index is -3.91. The lowest BCUT2D eigenvalue weighted by atomic mass is 9.77. The Bertz CT molecular complexity index is 4580. The van der Waals surface area contributed by atoms with E-state index in [2.05, 4.69) is 82.4 Å². The number of carbonyl (C=O) groups is 4. The lowest BCUT2D eigenvalue weighted by Crippen LogP contribution is -2.43. The van der Waals surface area contributed by atoms with Crippen LogP contribution in [0.4, 0.5) is 47.1 Å². The number of carbonyl (C=O) groups excluding carboxylic acids is 4. The molecule has 4 fully saturated rings. The highest BCUT2D eigenvalue weighted by Gasteiger charge is 2.37. The zero-order valence-electron chi connectivity index (χ0n) is 87.2. The van der Waals surface area contributed by atoms with Gasteiger partial charge in [-0.2, -0.15) is 19.9 Å². The Morgan fingerprint density at radius 1 is 0.453 bits per heavy atom. The first-order valence-electron chi connectivity index (χ1n) is 45.8. The monoisotopic (exact) mass is 1360 g/mol. The van der Waals surface area contributed by atoms with Crippen molar-refractivity contribution in [2.75, 3.05) is 42.5 Å². The van der Waals surface area contributed by atoms with Crippen LogP contribution >= 0.6 is 0 Å². The van der Waals surface area contributed by atoms with Gasteiger partial charge in [0.1, 0.15) is 23.3 Å². The molecule has 0 bridgehead atoms. The summed E-state index contributed by atoms with van der Waals surface area (Å²) in [6, 6.07) is -6.04. The highest BCUT2D eigenvalue weighted by Crippen LogP contribution is 2.36. The third-order valence-electron chi connectivity index (χ3n) is 14.2. The zero-order valence-corrected chi connectivity index (χ0v) is 56.2. The Hall–Kier alpha value is -7.52. The number of rotatable bonds is 16. The molecule has 19 N–H and O–H groups in total. The van der Waals surface area contributed by atoms with E-state index in [9.17, 15) is 34.5 Å². The van der Waals surface area contributed by atoms with Crippen molar-refractivity contribution in [1.29, 1.82) is 0 Å². The Morgan fingerprint density at radius 2 is 0.811 bits per heavy atom. The first-order valence-corrected chi connectivity index (χ1v) is 30.3. The van der Waals surface area contributed by atoms with Crippen LogP contribution in [0.1, 0.15) is 280 Å². The van der Waals surface area contributed by atoms with E-state index < -0.39 is 196 Å². The molecule has 6 unspecified atom stereocenters. The van der Waals surface area contributed by atoms with Gasteiger partial charge in [-0.3, -0.25) is 19.2 Å². The van der Waals surface area contributed by atoms with Crippen molar-refractivity contribution in [3.8, 4) is 0 Å². The smallest absolute Gasteiger partial charge is 0.254 e. The first-order chi connectivity index (χ1) is 55.7. The average Bonchev–Trinajstić information content (AvgIpc) is 0.648. The molecule has 15 atom stereocenters. The van der Waals surface area contributed by atoms with Gasteiger partial charge in [-0.05, 0) is 170 Å². The molecular formula is C68H116N20O7. The molecule has 4 heterocycles. The van der Waals surface area contributed by atoms with Crippen molar-refractivity contribution in [3.05, 3.63) is 47.0 Å². The number of aliphatic hydroxyl groups is 3. The first kappa shape index (κ1) is 43.6. The van der Waals surface area contributed by atoms with Crippen molar-refractivity contribution < 1.29 is 77.0 Å².